The highest BCUT2D eigenvalue weighted by atomic mass is 16.5. The topological polar surface area (TPSA) is 93.1 Å². The van der Waals surface area contributed by atoms with Crippen LogP contribution >= 0.6 is 0 Å². The van der Waals surface area contributed by atoms with E-state index in [9.17, 15) is 19.8 Å². The van der Waals surface area contributed by atoms with Gasteiger partial charge >= 0.3 is 11.9 Å². The molecule has 2 aliphatic rings. The van der Waals surface area contributed by atoms with Crippen LogP contribution in [0.1, 0.15) is 110 Å². The third-order valence-electron chi connectivity index (χ3n) is 9.24. The van der Waals surface area contributed by atoms with E-state index in [4.69, 9.17) is 9.47 Å². The van der Waals surface area contributed by atoms with E-state index in [0.717, 1.165) is 30.6 Å². The van der Waals surface area contributed by atoms with Crippen LogP contribution in [0.3, 0.4) is 0 Å². The standard InChI is InChI=1S/C33H56O6/c1-5-6-7-8-26-11-15-30(16-12-26)31-17-13-27(14-18-31)9-10-28(22-38-32(36)24(2)3)23-39-33(37)25(4)19-29(20-34)21-35/h26-31,34-35H,2,4-23H2,1,3H3. The highest BCUT2D eigenvalue weighted by Crippen LogP contribution is 2.43. The molecule has 6 nitrogen and oxygen atoms in total. The van der Waals surface area contributed by atoms with Gasteiger partial charge in [-0.15, -0.1) is 0 Å². The predicted molar refractivity (Wildman–Crippen MR) is 156 cm³/mol. The number of aliphatic hydroxyl groups excluding tert-OH is 2. The summed E-state index contributed by atoms with van der Waals surface area (Å²) in [5.41, 5.74) is 0.584. The largest absolute Gasteiger partial charge is 0.462 e. The van der Waals surface area contributed by atoms with Crippen molar-refractivity contribution < 1.29 is 29.3 Å². The number of hydrogen-bond donors (Lipinski definition) is 2. The summed E-state index contributed by atoms with van der Waals surface area (Å²) >= 11 is 0. The molecule has 2 saturated carbocycles. The lowest BCUT2D eigenvalue weighted by atomic mass is 9.68. The molecule has 6 heteroatoms. The molecule has 0 amide bonds. The summed E-state index contributed by atoms with van der Waals surface area (Å²) in [6.07, 6.45) is 18.5. The number of esters is 2. The predicted octanol–water partition coefficient (Wildman–Crippen LogP) is 6.79. The second-order valence-electron chi connectivity index (χ2n) is 12.5. The van der Waals surface area contributed by atoms with Crippen molar-refractivity contribution in [3.05, 3.63) is 24.3 Å². The van der Waals surface area contributed by atoms with Gasteiger partial charge in [-0.1, -0.05) is 71.4 Å². The smallest absolute Gasteiger partial charge is 0.333 e. The normalized spacial score (nSPS) is 24.2. The summed E-state index contributed by atoms with van der Waals surface area (Å²) < 4.78 is 10.9. The van der Waals surface area contributed by atoms with E-state index in [1.165, 1.54) is 77.0 Å². The van der Waals surface area contributed by atoms with Crippen molar-refractivity contribution in [3.63, 3.8) is 0 Å². The number of rotatable bonds is 18. The zero-order valence-corrected chi connectivity index (χ0v) is 24.8. The van der Waals surface area contributed by atoms with E-state index in [-0.39, 0.29) is 44.3 Å². The number of carbonyl (C=O) groups is 2. The molecule has 2 aliphatic carbocycles. The van der Waals surface area contributed by atoms with E-state index in [0.29, 0.717) is 11.5 Å². The summed E-state index contributed by atoms with van der Waals surface area (Å²) in [7, 11) is 0. The Kier molecular flexibility index (Phi) is 16.0. The Labute approximate surface area is 237 Å². The fourth-order valence-electron chi connectivity index (χ4n) is 6.50. The molecule has 0 aromatic rings. The molecule has 0 saturated heterocycles. The van der Waals surface area contributed by atoms with Gasteiger partial charge in [0.1, 0.15) is 0 Å². The highest BCUT2D eigenvalue weighted by molar-refractivity contribution is 5.87. The van der Waals surface area contributed by atoms with Crippen LogP contribution < -0.4 is 0 Å². The van der Waals surface area contributed by atoms with Gasteiger partial charge in [0.2, 0.25) is 0 Å². The van der Waals surface area contributed by atoms with Crippen LogP contribution in [-0.4, -0.2) is 48.6 Å². The molecular weight excluding hydrogens is 492 g/mol. The van der Waals surface area contributed by atoms with Crippen LogP contribution in [0.5, 0.6) is 0 Å². The van der Waals surface area contributed by atoms with Crippen molar-refractivity contribution in [2.24, 2.45) is 35.5 Å². The lowest BCUT2D eigenvalue weighted by Crippen LogP contribution is -2.27. The van der Waals surface area contributed by atoms with Crippen molar-refractivity contribution in [3.8, 4) is 0 Å². The van der Waals surface area contributed by atoms with Crippen LogP contribution in [0.15, 0.2) is 24.3 Å². The monoisotopic (exact) mass is 548 g/mol. The molecule has 0 aliphatic heterocycles. The van der Waals surface area contributed by atoms with Gasteiger partial charge in [-0.05, 0) is 75.5 Å². The second kappa shape index (κ2) is 18.6. The maximum Gasteiger partial charge on any atom is 0.333 e. The number of carbonyl (C=O) groups excluding carboxylic acids is 2. The first-order chi connectivity index (χ1) is 18.8. The van der Waals surface area contributed by atoms with Crippen molar-refractivity contribution >= 4 is 11.9 Å². The highest BCUT2D eigenvalue weighted by Gasteiger charge is 2.31. The molecule has 2 fully saturated rings. The Bertz CT molecular complexity index is 741. The van der Waals surface area contributed by atoms with Gasteiger partial charge in [-0.2, -0.15) is 0 Å². The van der Waals surface area contributed by atoms with Crippen molar-refractivity contribution in [2.45, 2.75) is 110 Å². The Morgan fingerprint density at radius 1 is 0.769 bits per heavy atom. The lowest BCUT2D eigenvalue weighted by Gasteiger charge is -2.38. The van der Waals surface area contributed by atoms with Crippen LogP contribution in [-0.2, 0) is 19.1 Å². The summed E-state index contributed by atoms with van der Waals surface area (Å²) in [6, 6.07) is 0. The quantitative estimate of drug-likeness (QED) is 0.111. The third-order valence-corrected chi connectivity index (χ3v) is 9.24. The molecule has 1 unspecified atom stereocenters. The fourth-order valence-corrected chi connectivity index (χ4v) is 6.50. The van der Waals surface area contributed by atoms with Gasteiger partial charge in [0, 0.05) is 36.2 Å². The first kappa shape index (κ1) is 33.5. The average Bonchev–Trinajstić information content (AvgIpc) is 2.95. The molecule has 2 N–H and O–H groups in total. The average molecular weight is 549 g/mol. The molecule has 0 heterocycles. The van der Waals surface area contributed by atoms with Crippen LogP contribution in [0.2, 0.25) is 0 Å². The second-order valence-corrected chi connectivity index (χ2v) is 12.5. The van der Waals surface area contributed by atoms with Crippen LogP contribution in [0.4, 0.5) is 0 Å². The van der Waals surface area contributed by atoms with Gasteiger partial charge < -0.3 is 19.7 Å². The van der Waals surface area contributed by atoms with Crippen LogP contribution in [0.25, 0.3) is 0 Å². The van der Waals surface area contributed by atoms with Crippen molar-refractivity contribution in [1.29, 1.82) is 0 Å². The SMILES string of the molecule is C=C(C)C(=O)OCC(CCC1CCC(C2CCC(CCCCC)CC2)CC1)COC(=O)C(=C)CC(CO)CO. The summed E-state index contributed by atoms with van der Waals surface area (Å²) in [4.78, 5) is 24.4. The van der Waals surface area contributed by atoms with Gasteiger partial charge in [0.25, 0.3) is 0 Å². The number of ether oxygens (including phenoxy) is 2. The molecule has 0 radical (unpaired) electrons. The van der Waals surface area contributed by atoms with Gasteiger partial charge in [0.15, 0.2) is 0 Å². The minimum atomic E-state index is -0.529. The maximum absolute atomic E-state index is 12.4. The molecule has 0 aromatic heterocycles. The Morgan fingerprint density at radius 2 is 1.28 bits per heavy atom. The lowest BCUT2D eigenvalue weighted by molar-refractivity contribution is -0.144. The number of aliphatic hydroxyl groups is 2. The van der Waals surface area contributed by atoms with Gasteiger partial charge in [-0.3, -0.25) is 0 Å². The van der Waals surface area contributed by atoms with Crippen molar-refractivity contribution in [1.82, 2.24) is 0 Å². The molecule has 0 spiro atoms. The number of unbranched alkanes of at least 4 members (excludes halogenated alkanes) is 2. The summed E-state index contributed by atoms with van der Waals surface area (Å²) in [5.74, 6) is 1.99. The number of hydrogen-bond acceptors (Lipinski definition) is 6. The molecule has 1 atom stereocenters. The minimum absolute atomic E-state index is 0.0859. The molecule has 2 rings (SSSR count). The van der Waals surface area contributed by atoms with Gasteiger partial charge in [0.05, 0.1) is 13.2 Å². The van der Waals surface area contributed by atoms with E-state index in [2.05, 4.69) is 20.1 Å². The molecule has 0 bridgehead atoms. The van der Waals surface area contributed by atoms with Gasteiger partial charge in [-0.25, -0.2) is 9.59 Å². The fraction of sp³-hybridized carbons (Fsp3) is 0.818. The Hall–Kier alpha value is -1.66. The molecule has 224 valence electrons. The first-order valence-electron chi connectivity index (χ1n) is 15.7. The maximum atomic E-state index is 12.4. The van der Waals surface area contributed by atoms with E-state index in [1.54, 1.807) is 6.92 Å². The summed E-state index contributed by atoms with van der Waals surface area (Å²) in [5, 5.41) is 18.5. The first-order valence-corrected chi connectivity index (χ1v) is 15.7. The summed E-state index contributed by atoms with van der Waals surface area (Å²) in [6.45, 7) is 11.2. The molecular formula is C33H56O6. The molecule has 0 aromatic carbocycles. The third kappa shape index (κ3) is 12.6. The zero-order chi connectivity index (χ0) is 28.6. The van der Waals surface area contributed by atoms with E-state index >= 15 is 0 Å². The van der Waals surface area contributed by atoms with Crippen LogP contribution in [0, 0.1) is 35.5 Å². The molecule has 39 heavy (non-hydrogen) atoms. The minimum Gasteiger partial charge on any atom is -0.462 e. The Balaban J connectivity index is 1.76. The van der Waals surface area contributed by atoms with E-state index < -0.39 is 17.9 Å². The Morgan fingerprint density at radius 3 is 1.77 bits per heavy atom. The van der Waals surface area contributed by atoms with Crippen molar-refractivity contribution in [2.75, 3.05) is 26.4 Å². The van der Waals surface area contributed by atoms with E-state index in [1.807, 2.05) is 0 Å². The zero-order valence-electron chi connectivity index (χ0n) is 24.8.